The van der Waals surface area contributed by atoms with Crippen LogP contribution < -0.4 is 5.32 Å². The van der Waals surface area contributed by atoms with Gasteiger partial charge in [-0.05, 0) is 62.3 Å². The molecule has 1 N–H and O–H groups in total. The molecule has 0 amide bonds. The second-order valence-corrected chi connectivity index (χ2v) is 8.16. The molecule has 2 heteroatoms. The molecule has 2 aliphatic carbocycles. The molecule has 20 heavy (non-hydrogen) atoms. The minimum absolute atomic E-state index is 0.761. The molecular weight excluding hydrogens is 244 g/mol. The smallest absolute Gasteiger partial charge is 0.0198 e. The minimum Gasteiger partial charge on any atom is -0.312 e. The summed E-state index contributed by atoms with van der Waals surface area (Å²) in [5, 5.41) is 3.91. The Morgan fingerprint density at radius 1 is 1.00 bits per heavy atom. The van der Waals surface area contributed by atoms with Crippen molar-refractivity contribution in [1.82, 2.24) is 10.2 Å². The second-order valence-electron chi connectivity index (χ2n) is 8.16. The zero-order valence-corrected chi connectivity index (χ0v) is 13.6. The van der Waals surface area contributed by atoms with Crippen LogP contribution in [0.5, 0.6) is 0 Å². The van der Waals surface area contributed by atoms with Gasteiger partial charge in [0.1, 0.15) is 0 Å². The largest absolute Gasteiger partial charge is 0.312 e. The lowest BCUT2D eigenvalue weighted by atomic mass is 9.81. The summed E-state index contributed by atoms with van der Waals surface area (Å²) in [5.41, 5.74) is 0. The number of nitrogens with zero attached hydrogens (tertiary/aromatic N) is 1. The summed E-state index contributed by atoms with van der Waals surface area (Å²) in [7, 11) is 0. The van der Waals surface area contributed by atoms with Crippen molar-refractivity contribution in [2.24, 2.45) is 23.7 Å². The fourth-order valence-electron chi connectivity index (χ4n) is 4.08. The summed E-state index contributed by atoms with van der Waals surface area (Å²) in [5.74, 6) is 3.76. The summed E-state index contributed by atoms with van der Waals surface area (Å²) < 4.78 is 0. The van der Waals surface area contributed by atoms with Gasteiger partial charge in [-0.2, -0.15) is 0 Å². The molecule has 0 aromatic rings. The molecule has 3 aliphatic rings. The van der Waals surface area contributed by atoms with E-state index in [1.165, 1.54) is 71.1 Å². The van der Waals surface area contributed by atoms with Gasteiger partial charge in [-0.25, -0.2) is 0 Å². The average molecular weight is 278 g/mol. The normalized spacial score (nSPS) is 33.1. The lowest BCUT2D eigenvalue weighted by Gasteiger charge is -2.43. The maximum Gasteiger partial charge on any atom is 0.0198 e. The van der Waals surface area contributed by atoms with Gasteiger partial charge >= 0.3 is 0 Å². The molecule has 2 atom stereocenters. The minimum atomic E-state index is 0.761. The van der Waals surface area contributed by atoms with E-state index in [1.807, 2.05) is 0 Å². The van der Waals surface area contributed by atoms with Crippen LogP contribution in [0.4, 0.5) is 0 Å². The van der Waals surface area contributed by atoms with Crippen molar-refractivity contribution < 1.29 is 0 Å². The monoisotopic (exact) mass is 278 g/mol. The molecule has 1 heterocycles. The summed E-state index contributed by atoms with van der Waals surface area (Å²) in [4.78, 5) is 2.79. The maximum atomic E-state index is 3.91. The first-order valence-corrected chi connectivity index (χ1v) is 9.16. The van der Waals surface area contributed by atoms with Crippen LogP contribution in [0.3, 0.4) is 0 Å². The van der Waals surface area contributed by atoms with Gasteiger partial charge in [0.2, 0.25) is 0 Å². The van der Waals surface area contributed by atoms with E-state index < -0.39 is 0 Å². The van der Waals surface area contributed by atoms with Gasteiger partial charge in [-0.3, -0.25) is 0 Å². The number of piperidine rings is 1. The molecule has 2 unspecified atom stereocenters. The van der Waals surface area contributed by atoms with Gasteiger partial charge in [-0.15, -0.1) is 0 Å². The van der Waals surface area contributed by atoms with Crippen LogP contribution in [0.1, 0.15) is 58.8 Å². The average Bonchev–Trinajstić information content (AvgIpc) is 2.32. The Kier molecular flexibility index (Phi) is 5.04. The van der Waals surface area contributed by atoms with Gasteiger partial charge in [-0.1, -0.05) is 26.7 Å². The highest BCUT2D eigenvalue weighted by atomic mass is 15.2. The maximum absolute atomic E-state index is 3.91. The molecule has 0 aromatic carbocycles. The van der Waals surface area contributed by atoms with Gasteiger partial charge < -0.3 is 10.2 Å². The summed E-state index contributed by atoms with van der Waals surface area (Å²) in [6, 6.07) is 0.761. The molecule has 0 aromatic heterocycles. The Morgan fingerprint density at radius 2 is 1.70 bits per heavy atom. The van der Waals surface area contributed by atoms with Crippen molar-refractivity contribution in [2.45, 2.75) is 64.8 Å². The summed E-state index contributed by atoms with van der Waals surface area (Å²) >= 11 is 0. The van der Waals surface area contributed by atoms with Crippen LogP contribution in [-0.4, -0.2) is 37.1 Å². The van der Waals surface area contributed by atoms with E-state index in [2.05, 4.69) is 24.1 Å². The van der Waals surface area contributed by atoms with Crippen LogP contribution in [0.15, 0.2) is 0 Å². The van der Waals surface area contributed by atoms with Crippen LogP contribution in [0.2, 0.25) is 0 Å². The Morgan fingerprint density at radius 3 is 2.25 bits per heavy atom. The number of hydrogen-bond donors (Lipinski definition) is 1. The lowest BCUT2D eigenvalue weighted by molar-refractivity contribution is 0.0817. The molecule has 0 radical (unpaired) electrons. The van der Waals surface area contributed by atoms with Crippen LogP contribution >= 0.6 is 0 Å². The van der Waals surface area contributed by atoms with Gasteiger partial charge in [0, 0.05) is 25.7 Å². The molecular formula is C18H34N2. The SMILES string of the molecule is CC(C)C1CC(NCC2CCC2)CN(CC2CCC2)C1. The summed E-state index contributed by atoms with van der Waals surface area (Å²) in [6.45, 7) is 10.2. The highest BCUT2D eigenvalue weighted by molar-refractivity contribution is 4.87. The molecule has 2 saturated carbocycles. The third kappa shape index (κ3) is 3.76. The van der Waals surface area contributed by atoms with E-state index >= 15 is 0 Å². The summed E-state index contributed by atoms with van der Waals surface area (Å²) in [6.07, 6.45) is 10.3. The van der Waals surface area contributed by atoms with Crippen molar-refractivity contribution in [3.8, 4) is 0 Å². The predicted molar refractivity (Wildman–Crippen MR) is 85.9 cm³/mol. The highest BCUT2D eigenvalue weighted by Crippen LogP contribution is 2.31. The fourth-order valence-corrected chi connectivity index (χ4v) is 4.08. The van der Waals surface area contributed by atoms with E-state index in [1.54, 1.807) is 0 Å². The third-order valence-corrected chi connectivity index (χ3v) is 6.16. The molecule has 0 bridgehead atoms. The number of nitrogens with one attached hydrogen (secondary N) is 1. The molecule has 116 valence electrons. The van der Waals surface area contributed by atoms with E-state index in [4.69, 9.17) is 0 Å². The topological polar surface area (TPSA) is 15.3 Å². The number of hydrogen-bond acceptors (Lipinski definition) is 2. The molecule has 1 aliphatic heterocycles. The zero-order valence-electron chi connectivity index (χ0n) is 13.6. The number of likely N-dealkylation sites (tertiary alicyclic amines) is 1. The first-order valence-electron chi connectivity index (χ1n) is 9.16. The Bertz CT molecular complexity index is 294. The van der Waals surface area contributed by atoms with Gasteiger partial charge in [0.05, 0.1) is 0 Å². The van der Waals surface area contributed by atoms with E-state index in [-0.39, 0.29) is 0 Å². The van der Waals surface area contributed by atoms with Crippen molar-refractivity contribution in [1.29, 1.82) is 0 Å². The van der Waals surface area contributed by atoms with E-state index in [0.29, 0.717) is 0 Å². The standard InChI is InChI=1S/C18H34N2/c1-14(2)17-9-18(19-10-15-5-3-6-15)13-20(12-17)11-16-7-4-8-16/h14-19H,3-13H2,1-2H3. The first-order chi connectivity index (χ1) is 9.70. The Labute approximate surface area is 125 Å². The highest BCUT2D eigenvalue weighted by Gasteiger charge is 2.31. The zero-order chi connectivity index (χ0) is 13.9. The second kappa shape index (κ2) is 6.79. The van der Waals surface area contributed by atoms with Crippen LogP contribution in [-0.2, 0) is 0 Å². The molecule has 3 fully saturated rings. The van der Waals surface area contributed by atoms with E-state index in [9.17, 15) is 0 Å². The molecule has 3 rings (SSSR count). The quantitative estimate of drug-likeness (QED) is 0.799. The van der Waals surface area contributed by atoms with Crippen LogP contribution in [0, 0.1) is 23.7 Å². The molecule has 0 spiro atoms. The van der Waals surface area contributed by atoms with Crippen molar-refractivity contribution >= 4 is 0 Å². The lowest BCUT2D eigenvalue weighted by Crippen LogP contribution is -2.52. The first kappa shape index (κ1) is 14.8. The van der Waals surface area contributed by atoms with Crippen molar-refractivity contribution in [3.63, 3.8) is 0 Å². The predicted octanol–water partition coefficient (Wildman–Crippen LogP) is 3.52. The number of rotatable bonds is 6. The van der Waals surface area contributed by atoms with Crippen LogP contribution in [0.25, 0.3) is 0 Å². The van der Waals surface area contributed by atoms with Gasteiger partial charge in [0.25, 0.3) is 0 Å². The van der Waals surface area contributed by atoms with Crippen molar-refractivity contribution in [2.75, 3.05) is 26.2 Å². The molecule has 2 nitrogen and oxygen atoms in total. The Hall–Kier alpha value is -0.0800. The van der Waals surface area contributed by atoms with Gasteiger partial charge in [0.15, 0.2) is 0 Å². The Balaban J connectivity index is 1.48. The van der Waals surface area contributed by atoms with Crippen molar-refractivity contribution in [3.05, 3.63) is 0 Å². The van der Waals surface area contributed by atoms with E-state index in [0.717, 1.165) is 29.7 Å². The fraction of sp³-hybridized carbons (Fsp3) is 1.00. The molecule has 1 saturated heterocycles. The third-order valence-electron chi connectivity index (χ3n) is 6.16.